The molecule has 1 saturated heterocycles. The van der Waals surface area contributed by atoms with Crippen molar-refractivity contribution in [3.63, 3.8) is 0 Å². The lowest BCUT2D eigenvalue weighted by Gasteiger charge is -2.28. The molecule has 0 radical (unpaired) electrons. The minimum absolute atomic E-state index is 0.124. The van der Waals surface area contributed by atoms with Crippen LogP contribution < -0.4 is 0 Å². The molecule has 1 rings (SSSR count). The van der Waals surface area contributed by atoms with Crippen molar-refractivity contribution in [2.45, 2.75) is 59.3 Å². The average molecular weight is 211 g/mol. The van der Waals surface area contributed by atoms with Gasteiger partial charge in [-0.3, -0.25) is 4.79 Å². The molecule has 0 aromatic rings. The van der Waals surface area contributed by atoms with Crippen LogP contribution in [0.2, 0.25) is 0 Å². The van der Waals surface area contributed by atoms with E-state index in [1.165, 1.54) is 32.1 Å². The largest absolute Gasteiger partial charge is 0.343 e. The number of nitrogens with zero attached hydrogens (tertiary/aromatic N) is 1. The number of carbonyl (C=O) groups excluding carboxylic acids is 1. The Morgan fingerprint density at radius 3 is 1.93 bits per heavy atom. The van der Waals surface area contributed by atoms with Crippen LogP contribution in [0.3, 0.4) is 0 Å². The summed E-state index contributed by atoms with van der Waals surface area (Å²) in [6.07, 6.45) is 7.00. The van der Waals surface area contributed by atoms with E-state index in [-0.39, 0.29) is 5.41 Å². The van der Waals surface area contributed by atoms with E-state index in [9.17, 15) is 4.79 Å². The predicted octanol–water partition coefficient (Wildman–Crippen LogP) is 3.22. The molecule has 0 aliphatic carbocycles. The van der Waals surface area contributed by atoms with Gasteiger partial charge in [-0.15, -0.1) is 0 Å². The van der Waals surface area contributed by atoms with Crippen molar-refractivity contribution in [1.29, 1.82) is 0 Å². The third kappa shape index (κ3) is 5.19. The molecule has 0 N–H and O–H groups in total. The zero-order valence-corrected chi connectivity index (χ0v) is 10.5. The topological polar surface area (TPSA) is 20.3 Å². The summed E-state index contributed by atoms with van der Waals surface area (Å²) in [4.78, 5) is 14.1. The van der Waals surface area contributed by atoms with Crippen LogP contribution in [0.15, 0.2) is 0 Å². The first-order valence-corrected chi connectivity index (χ1v) is 6.27. The Morgan fingerprint density at radius 1 is 1.00 bits per heavy atom. The second kappa shape index (κ2) is 5.53. The molecule has 1 aliphatic heterocycles. The van der Waals surface area contributed by atoms with Crippen LogP contribution in [-0.4, -0.2) is 23.9 Å². The van der Waals surface area contributed by atoms with Crippen molar-refractivity contribution >= 4 is 5.91 Å². The van der Waals surface area contributed by atoms with Gasteiger partial charge in [-0.1, -0.05) is 40.0 Å². The molecule has 1 fully saturated rings. The summed E-state index contributed by atoms with van der Waals surface area (Å²) in [7, 11) is 0. The summed E-state index contributed by atoms with van der Waals surface area (Å²) in [5.41, 5.74) is 0.124. The Kier molecular flexibility index (Phi) is 4.62. The van der Waals surface area contributed by atoms with Crippen molar-refractivity contribution in [2.75, 3.05) is 13.1 Å². The van der Waals surface area contributed by atoms with Gasteiger partial charge in [0.05, 0.1) is 0 Å². The minimum atomic E-state index is 0.124. The quantitative estimate of drug-likeness (QED) is 0.652. The van der Waals surface area contributed by atoms with Gasteiger partial charge in [-0.25, -0.2) is 0 Å². The van der Waals surface area contributed by atoms with E-state index < -0.39 is 0 Å². The fourth-order valence-corrected chi connectivity index (χ4v) is 2.06. The molecular formula is C13H25NO. The average Bonchev–Trinajstić information content (AvgIpc) is 1.98. The van der Waals surface area contributed by atoms with Gasteiger partial charge in [0.2, 0.25) is 5.91 Å². The monoisotopic (exact) mass is 211 g/mol. The van der Waals surface area contributed by atoms with Gasteiger partial charge in [0.25, 0.3) is 0 Å². The van der Waals surface area contributed by atoms with E-state index in [0.717, 1.165) is 13.1 Å². The molecule has 15 heavy (non-hydrogen) atoms. The summed E-state index contributed by atoms with van der Waals surface area (Å²) in [5, 5.41) is 0. The minimum Gasteiger partial charge on any atom is -0.343 e. The molecule has 2 heteroatoms. The maximum Gasteiger partial charge on any atom is 0.223 e. The fourth-order valence-electron chi connectivity index (χ4n) is 2.06. The number of hydrogen-bond acceptors (Lipinski definition) is 1. The van der Waals surface area contributed by atoms with Crippen LogP contribution in [0.5, 0.6) is 0 Å². The smallest absolute Gasteiger partial charge is 0.223 e. The molecule has 2 nitrogen and oxygen atoms in total. The zero-order valence-electron chi connectivity index (χ0n) is 10.5. The molecule has 1 aliphatic rings. The first kappa shape index (κ1) is 12.5. The van der Waals surface area contributed by atoms with Crippen LogP contribution in [0.1, 0.15) is 59.3 Å². The van der Waals surface area contributed by atoms with Gasteiger partial charge in [0.15, 0.2) is 0 Å². The molecule has 0 aromatic heterocycles. The van der Waals surface area contributed by atoms with Crippen molar-refractivity contribution in [3.05, 3.63) is 0 Å². The molecule has 88 valence electrons. The molecule has 0 aromatic carbocycles. The van der Waals surface area contributed by atoms with E-state index >= 15 is 0 Å². The van der Waals surface area contributed by atoms with Crippen molar-refractivity contribution in [3.8, 4) is 0 Å². The molecule has 0 unspecified atom stereocenters. The van der Waals surface area contributed by atoms with Crippen LogP contribution in [0, 0.1) is 5.41 Å². The van der Waals surface area contributed by atoms with Crippen molar-refractivity contribution in [1.82, 2.24) is 4.90 Å². The number of rotatable bonds is 1. The highest BCUT2D eigenvalue weighted by Gasteiger charge is 2.21. The SMILES string of the molecule is CC(C)(C)CC(=O)N1CCCCCCC1. The van der Waals surface area contributed by atoms with E-state index in [4.69, 9.17) is 0 Å². The number of hydrogen-bond donors (Lipinski definition) is 0. The summed E-state index contributed by atoms with van der Waals surface area (Å²) < 4.78 is 0. The van der Waals surface area contributed by atoms with Gasteiger partial charge in [-0.05, 0) is 18.3 Å². The van der Waals surface area contributed by atoms with Gasteiger partial charge in [-0.2, -0.15) is 0 Å². The van der Waals surface area contributed by atoms with Crippen LogP contribution in [-0.2, 0) is 4.79 Å². The number of carbonyl (C=O) groups is 1. The first-order valence-electron chi connectivity index (χ1n) is 6.27. The van der Waals surface area contributed by atoms with Gasteiger partial charge >= 0.3 is 0 Å². The highest BCUT2D eigenvalue weighted by atomic mass is 16.2. The Hall–Kier alpha value is -0.530. The maximum absolute atomic E-state index is 12.0. The lowest BCUT2D eigenvalue weighted by atomic mass is 9.91. The number of amides is 1. The maximum atomic E-state index is 12.0. The van der Waals surface area contributed by atoms with Gasteiger partial charge < -0.3 is 4.90 Å². The summed E-state index contributed by atoms with van der Waals surface area (Å²) in [6.45, 7) is 8.36. The van der Waals surface area contributed by atoms with E-state index in [1.54, 1.807) is 0 Å². The van der Waals surface area contributed by atoms with Crippen molar-refractivity contribution < 1.29 is 4.79 Å². The molecule has 0 bridgehead atoms. The second-order valence-corrected chi connectivity index (χ2v) is 5.89. The first-order chi connectivity index (χ1) is 6.99. The molecule has 0 atom stereocenters. The molecule has 1 heterocycles. The van der Waals surface area contributed by atoms with E-state index in [1.807, 2.05) is 0 Å². The predicted molar refractivity (Wildman–Crippen MR) is 63.7 cm³/mol. The molecule has 0 saturated carbocycles. The van der Waals surface area contributed by atoms with E-state index in [0.29, 0.717) is 12.3 Å². The van der Waals surface area contributed by atoms with Crippen LogP contribution in [0.25, 0.3) is 0 Å². The molecular weight excluding hydrogens is 186 g/mol. The van der Waals surface area contributed by atoms with E-state index in [2.05, 4.69) is 25.7 Å². The summed E-state index contributed by atoms with van der Waals surface area (Å²) >= 11 is 0. The van der Waals surface area contributed by atoms with Crippen LogP contribution in [0.4, 0.5) is 0 Å². The lowest BCUT2D eigenvalue weighted by molar-refractivity contribution is -0.133. The highest BCUT2D eigenvalue weighted by molar-refractivity contribution is 5.76. The summed E-state index contributed by atoms with van der Waals surface area (Å²) in [5.74, 6) is 0.351. The zero-order chi connectivity index (χ0) is 11.3. The normalized spacial score (nSPS) is 19.5. The molecule has 0 spiro atoms. The van der Waals surface area contributed by atoms with Gasteiger partial charge in [0.1, 0.15) is 0 Å². The van der Waals surface area contributed by atoms with Gasteiger partial charge in [0, 0.05) is 19.5 Å². The Morgan fingerprint density at radius 2 is 1.47 bits per heavy atom. The second-order valence-electron chi connectivity index (χ2n) is 5.89. The highest BCUT2D eigenvalue weighted by Crippen LogP contribution is 2.21. The van der Waals surface area contributed by atoms with Crippen molar-refractivity contribution in [2.24, 2.45) is 5.41 Å². The fraction of sp³-hybridized carbons (Fsp3) is 0.923. The van der Waals surface area contributed by atoms with Crippen LogP contribution >= 0.6 is 0 Å². The Labute approximate surface area is 94.0 Å². The lowest BCUT2D eigenvalue weighted by Crippen LogP contribution is -2.35. The standard InChI is InChI=1S/C13H25NO/c1-13(2,3)11-12(15)14-9-7-5-4-6-8-10-14/h4-11H2,1-3H3. The molecule has 1 amide bonds. The Balaban J connectivity index is 2.42. The number of likely N-dealkylation sites (tertiary alicyclic amines) is 1. The Bertz CT molecular complexity index is 197. The summed E-state index contributed by atoms with van der Waals surface area (Å²) in [6, 6.07) is 0. The third-order valence-corrected chi connectivity index (χ3v) is 2.89. The third-order valence-electron chi connectivity index (χ3n) is 2.89.